The van der Waals surface area contributed by atoms with Crippen LogP contribution >= 0.6 is 11.3 Å². The third kappa shape index (κ3) is 4.63. The molecule has 5 rings (SSSR count). The molecule has 0 saturated carbocycles. The number of carbonyl (C=O) groups excluding carboxylic acids is 1. The molecule has 0 bridgehead atoms. The third-order valence-corrected chi connectivity index (χ3v) is 8.99. The topological polar surface area (TPSA) is 81.5 Å². The van der Waals surface area contributed by atoms with Crippen LogP contribution in [0.3, 0.4) is 0 Å². The highest BCUT2D eigenvalue weighted by Crippen LogP contribution is 2.37. The minimum Gasteiger partial charge on any atom is -0.491 e. The second-order valence-corrected chi connectivity index (χ2v) is 11.8. The molecule has 0 amide bonds. The van der Waals surface area contributed by atoms with Gasteiger partial charge in [0.1, 0.15) is 17.0 Å². The number of nitrogens with zero attached hydrogens (tertiary/aromatic N) is 3. The Morgan fingerprint density at radius 1 is 1.20 bits per heavy atom. The second-order valence-electron chi connectivity index (χ2n) is 8.96. The van der Waals surface area contributed by atoms with Crippen molar-refractivity contribution in [1.82, 2.24) is 13.9 Å². The van der Waals surface area contributed by atoms with E-state index in [2.05, 4.69) is 17.1 Å². The Morgan fingerprint density at radius 3 is 2.69 bits per heavy atom. The summed E-state index contributed by atoms with van der Waals surface area (Å²) in [4.78, 5) is 16.0. The van der Waals surface area contributed by atoms with Crippen molar-refractivity contribution in [2.75, 3.05) is 13.1 Å². The Morgan fingerprint density at radius 2 is 2.00 bits per heavy atom. The van der Waals surface area contributed by atoms with Gasteiger partial charge >= 0.3 is 0 Å². The standard InChI is InChI=1S/C26H27N3O4S2/c1-18(2)33-21-4-6-22(7-5-21)35(31,32)29-11-9-20(16-29)24-17-28(12-13-30)25-15-19(3-8-23(24)25)26-27-10-14-34-26/h3-8,10,13-15,17-18,20H,9,11-12,16H2,1-2H3. The van der Waals surface area contributed by atoms with E-state index in [0.29, 0.717) is 18.8 Å². The van der Waals surface area contributed by atoms with Crippen LogP contribution in [0, 0.1) is 0 Å². The maximum Gasteiger partial charge on any atom is 0.243 e. The number of ether oxygens (including phenoxy) is 1. The summed E-state index contributed by atoms with van der Waals surface area (Å²) in [5, 5.41) is 3.91. The maximum atomic E-state index is 13.3. The average Bonchev–Trinajstić information content (AvgIpc) is 3.59. The molecule has 9 heteroatoms. The highest BCUT2D eigenvalue weighted by Gasteiger charge is 2.34. The minimum absolute atomic E-state index is 0.0239. The van der Waals surface area contributed by atoms with E-state index >= 15 is 0 Å². The molecule has 1 saturated heterocycles. The van der Waals surface area contributed by atoms with Crippen LogP contribution in [0.15, 0.2) is 65.1 Å². The summed E-state index contributed by atoms with van der Waals surface area (Å²) in [5.74, 6) is 0.702. The Bertz CT molecular complexity index is 1440. The van der Waals surface area contributed by atoms with Crippen molar-refractivity contribution in [2.24, 2.45) is 0 Å². The van der Waals surface area contributed by atoms with Crippen molar-refractivity contribution in [2.45, 2.75) is 43.7 Å². The van der Waals surface area contributed by atoms with E-state index in [-0.39, 0.29) is 23.5 Å². The van der Waals surface area contributed by atoms with E-state index in [1.807, 2.05) is 36.1 Å². The fourth-order valence-corrected chi connectivity index (χ4v) is 6.82. The quantitative estimate of drug-likeness (QED) is 0.315. The van der Waals surface area contributed by atoms with Crippen molar-refractivity contribution in [3.8, 4) is 16.3 Å². The van der Waals surface area contributed by atoms with Gasteiger partial charge in [0.15, 0.2) is 0 Å². The van der Waals surface area contributed by atoms with Gasteiger partial charge in [0.25, 0.3) is 0 Å². The zero-order valence-corrected chi connectivity index (χ0v) is 21.3. The number of benzene rings is 2. The normalized spacial score (nSPS) is 16.8. The molecule has 2 aromatic heterocycles. The van der Waals surface area contributed by atoms with E-state index in [4.69, 9.17) is 4.74 Å². The number of thiazole rings is 1. The van der Waals surface area contributed by atoms with Gasteiger partial charge in [-0.15, -0.1) is 11.3 Å². The van der Waals surface area contributed by atoms with Crippen molar-refractivity contribution in [3.05, 3.63) is 65.8 Å². The summed E-state index contributed by atoms with van der Waals surface area (Å²) in [6, 6.07) is 12.8. The SMILES string of the molecule is CC(C)Oc1ccc(S(=O)(=O)N2CCC(c3cn(CC=O)c4cc(-c5nccs5)ccc34)C2)cc1. The van der Waals surface area contributed by atoms with E-state index in [1.165, 1.54) is 0 Å². The summed E-state index contributed by atoms with van der Waals surface area (Å²) in [6.07, 6.45) is 5.41. The number of rotatable bonds is 8. The van der Waals surface area contributed by atoms with E-state index in [9.17, 15) is 13.2 Å². The number of sulfonamides is 1. The third-order valence-electron chi connectivity index (χ3n) is 6.29. The molecule has 182 valence electrons. The fourth-order valence-electron chi connectivity index (χ4n) is 4.69. The molecule has 1 aliphatic rings. The van der Waals surface area contributed by atoms with Gasteiger partial charge in [-0.2, -0.15) is 4.31 Å². The van der Waals surface area contributed by atoms with Crippen LogP contribution in [0.4, 0.5) is 0 Å². The first-order chi connectivity index (χ1) is 16.9. The first kappa shape index (κ1) is 23.7. The summed E-state index contributed by atoms with van der Waals surface area (Å²) in [7, 11) is -3.61. The lowest BCUT2D eigenvalue weighted by atomic mass is 9.97. The smallest absolute Gasteiger partial charge is 0.243 e. The van der Waals surface area contributed by atoms with Gasteiger partial charge in [-0.05, 0) is 56.2 Å². The minimum atomic E-state index is -3.61. The van der Waals surface area contributed by atoms with Crippen LogP contribution in [0.25, 0.3) is 21.5 Å². The van der Waals surface area contributed by atoms with Crippen LogP contribution in [0.5, 0.6) is 5.75 Å². The summed E-state index contributed by atoms with van der Waals surface area (Å²) >= 11 is 1.57. The Labute approximate surface area is 209 Å². The zero-order chi connectivity index (χ0) is 24.6. The second kappa shape index (κ2) is 9.56. The molecular weight excluding hydrogens is 482 g/mol. The number of aldehydes is 1. The lowest BCUT2D eigenvalue weighted by Crippen LogP contribution is -2.28. The maximum absolute atomic E-state index is 13.3. The molecule has 1 unspecified atom stereocenters. The fraction of sp³-hybridized carbons (Fsp3) is 0.308. The van der Waals surface area contributed by atoms with E-state index < -0.39 is 10.0 Å². The van der Waals surface area contributed by atoms with Crippen molar-refractivity contribution in [3.63, 3.8) is 0 Å². The number of fused-ring (bicyclic) bond motifs is 1. The van der Waals surface area contributed by atoms with Crippen molar-refractivity contribution >= 4 is 38.5 Å². The largest absolute Gasteiger partial charge is 0.491 e. The molecule has 1 fully saturated rings. The van der Waals surface area contributed by atoms with E-state index in [1.54, 1.807) is 46.1 Å². The molecule has 0 N–H and O–H groups in total. The molecule has 0 aliphatic carbocycles. The van der Waals surface area contributed by atoms with E-state index in [0.717, 1.165) is 39.7 Å². The highest BCUT2D eigenvalue weighted by molar-refractivity contribution is 7.89. The van der Waals surface area contributed by atoms with Gasteiger partial charge in [0, 0.05) is 53.2 Å². The number of hydrogen-bond donors (Lipinski definition) is 0. The molecular formula is C26H27N3O4S2. The molecule has 1 atom stereocenters. The number of aromatic nitrogens is 2. The molecule has 4 aromatic rings. The molecule has 2 aromatic carbocycles. The lowest BCUT2D eigenvalue weighted by Gasteiger charge is -2.17. The van der Waals surface area contributed by atoms with Gasteiger partial charge in [0.05, 0.1) is 17.5 Å². The van der Waals surface area contributed by atoms with Crippen LogP contribution in [0.2, 0.25) is 0 Å². The highest BCUT2D eigenvalue weighted by atomic mass is 32.2. The molecule has 7 nitrogen and oxygen atoms in total. The predicted octanol–water partition coefficient (Wildman–Crippen LogP) is 4.93. The molecule has 1 aliphatic heterocycles. The zero-order valence-electron chi connectivity index (χ0n) is 19.6. The Kier molecular flexibility index (Phi) is 6.48. The first-order valence-corrected chi connectivity index (χ1v) is 13.9. The van der Waals surface area contributed by atoms with Crippen LogP contribution in [-0.2, 0) is 21.4 Å². The summed E-state index contributed by atoms with van der Waals surface area (Å²) < 4.78 is 35.8. The van der Waals surface area contributed by atoms with Crippen molar-refractivity contribution in [1.29, 1.82) is 0 Å². The van der Waals surface area contributed by atoms with Gasteiger partial charge < -0.3 is 14.1 Å². The average molecular weight is 510 g/mol. The monoisotopic (exact) mass is 509 g/mol. The van der Waals surface area contributed by atoms with Crippen LogP contribution in [-0.4, -0.2) is 47.8 Å². The Hall–Kier alpha value is -3.01. The predicted molar refractivity (Wildman–Crippen MR) is 137 cm³/mol. The van der Waals surface area contributed by atoms with Gasteiger partial charge in [-0.25, -0.2) is 13.4 Å². The number of hydrogen-bond acceptors (Lipinski definition) is 6. The Balaban J connectivity index is 1.42. The molecule has 3 heterocycles. The van der Waals surface area contributed by atoms with Gasteiger partial charge in [-0.3, -0.25) is 0 Å². The summed E-state index contributed by atoms with van der Waals surface area (Å²) in [6.45, 7) is 4.97. The van der Waals surface area contributed by atoms with Crippen LogP contribution in [0.1, 0.15) is 31.7 Å². The lowest BCUT2D eigenvalue weighted by molar-refractivity contribution is -0.108. The van der Waals surface area contributed by atoms with Gasteiger partial charge in [-0.1, -0.05) is 12.1 Å². The summed E-state index contributed by atoms with van der Waals surface area (Å²) in [5.41, 5.74) is 3.04. The van der Waals surface area contributed by atoms with Crippen molar-refractivity contribution < 1.29 is 17.9 Å². The van der Waals surface area contributed by atoms with Gasteiger partial charge in [0.2, 0.25) is 10.0 Å². The first-order valence-electron chi connectivity index (χ1n) is 11.6. The number of carbonyl (C=O) groups is 1. The molecule has 0 radical (unpaired) electrons. The van der Waals surface area contributed by atoms with Crippen LogP contribution < -0.4 is 4.74 Å². The molecule has 0 spiro atoms. The molecule has 35 heavy (non-hydrogen) atoms.